The second kappa shape index (κ2) is 10.2. The number of hydrogen-bond acceptors (Lipinski definition) is 6. The monoisotopic (exact) mass is 459 g/mol. The highest BCUT2D eigenvalue weighted by atomic mass is 32.2. The second-order valence-electron chi connectivity index (χ2n) is 9.08. The van der Waals surface area contributed by atoms with Gasteiger partial charge in [0.05, 0.1) is 19.0 Å². The molecule has 0 spiro atoms. The van der Waals surface area contributed by atoms with Crippen molar-refractivity contribution < 1.29 is 18.3 Å². The molecule has 2 aliphatic rings. The van der Waals surface area contributed by atoms with E-state index in [9.17, 15) is 13.5 Å². The van der Waals surface area contributed by atoms with E-state index < -0.39 is 10.0 Å². The maximum atomic E-state index is 11.9. The molecule has 1 aromatic carbocycles. The molecule has 8 heteroatoms. The third-order valence-corrected chi connectivity index (χ3v) is 7.39. The largest absolute Gasteiger partial charge is 0.508 e. The molecule has 2 N–H and O–H groups in total. The van der Waals surface area contributed by atoms with E-state index in [1.54, 1.807) is 18.3 Å². The Balaban J connectivity index is 1.34. The van der Waals surface area contributed by atoms with Crippen LogP contribution in [0.2, 0.25) is 0 Å². The first kappa shape index (κ1) is 23.0. The highest BCUT2D eigenvalue weighted by Gasteiger charge is 2.33. The Kier molecular flexibility index (Phi) is 7.33. The maximum Gasteiger partial charge on any atom is 0.208 e. The van der Waals surface area contributed by atoms with Crippen molar-refractivity contribution in [2.24, 2.45) is 5.92 Å². The summed E-state index contributed by atoms with van der Waals surface area (Å²) in [7, 11) is -3.28. The number of hydrogen-bond donors (Lipinski definition) is 2. The topological polar surface area (TPSA) is 91.8 Å². The molecule has 1 aliphatic carbocycles. The Bertz CT molecular complexity index is 960. The van der Waals surface area contributed by atoms with Crippen LogP contribution in [-0.4, -0.2) is 56.6 Å². The zero-order chi connectivity index (χ0) is 22.6. The zero-order valence-corrected chi connectivity index (χ0v) is 19.4. The number of anilines is 1. The number of piperidine rings is 1. The lowest BCUT2D eigenvalue weighted by Gasteiger charge is -2.40. The Labute approximate surface area is 190 Å². The standard InChI is InChI=1S/C24H33N3O4S/c1-32(29,30)26-23-13-15-27(24-4-2-3-14-25-24)16-20(23)17-31-22-11-7-19(8-12-22)18-5-9-21(28)10-6-18/h2-6,9-10,14,19-20,22-23,26,28H,7-8,11-13,15-17H2,1H3/t19-,20-,22+,23-/m0/s1. The molecule has 2 heterocycles. The SMILES string of the molecule is CS(=O)(=O)N[C@H]1CCN(c2ccccn2)C[C@H]1CO[C@H]1CC[C@@H](c2ccc(O)cc2)CC1. The van der Waals surface area contributed by atoms with Crippen LogP contribution in [0.25, 0.3) is 0 Å². The number of ether oxygens (including phenoxy) is 1. The molecule has 1 aliphatic heterocycles. The summed E-state index contributed by atoms with van der Waals surface area (Å²) in [5, 5.41) is 9.50. The van der Waals surface area contributed by atoms with E-state index in [0.717, 1.165) is 44.5 Å². The highest BCUT2D eigenvalue weighted by Crippen LogP contribution is 2.35. The zero-order valence-electron chi connectivity index (χ0n) is 18.6. The number of nitrogens with one attached hydrogen (secondary N) is 1. The van der Waals surface area contributed by atoms with Crippen LogP contribution in [0.15, 0.2) is 48.7 Å². The van der Waals surface area contributed by atoms with Gasteiger partial charge in [0.1, 0.15) is 11.6 Å². The van der Waals surface area contributed by atoms with Crippen LogP contribution in [0.3, 0.4) is 0 Å². The lowest BCUT2D eigenvalue weighted by Crippen LogP contribution is -2.52. The summed E-state index contributed by atoms with van der Waals surface area (Å²) in [6.45, 7) is 2.01. The molecule has 2 atom stereocenters. The molecule has 1 saturated carbocycles. The minimum atomic E-state index is -3.28. The molecule has 1 aromatic heterocycles. The first-order valence-electron chi connectivity index (χ1n) is 11.4. The van der Waals surface area contributed by atoms with Gasteiger partial charge in [-0.1, -0.05) is 18.2 Å². The minimum absolute atomic E-state index is 0.0651. The lowest BCUT2D eigenvalue weighted by molar-refractivity contribution is -0.00213. The van der Waals surface area contributed by atoms with Crippen molar-refractivity contribution in [3.05, 3.63) is 54.2 Å². The number of rotatable bonds is 7. The van der Waals surface area contributed by atoms with Gasteiger partial charge in [0.2, 0.25) is 10.0 Å². The van der Waals surface area contributed by atoms with Crippen molar-refractivity contribution in [1.29, 1.82) is 0 Å². The molecule has 4 rings (SSSR count). The fourth-order valence-electron chi connectivity index (χ4n) is 4.95. The van der Waals surface area contributed by atoms with Crippen LogP contribution in [0, 0.1) is 5.92 Å². The van der Waals surface area contributed by atoms with Gasteiger partial charge in [0.25, 0.3) is 0 Å². The number of nitrogens with zero attached hydrogens (tertiary/aromatic N) is 2. The van der Waals surface area contributed by atoms with Gasteiger partial charge in [-0.3, -0.25) is 0 Å². The van der Waals surface area contributed by atoms with E-state index in [-0.39, 0.29) is 18.1 Å². The van der Waals surface area contributed by atoms with Crippen molar-refractivity contribution in [1.82, 2.24) is 9.71 Å². The third-order valence-electron chi connectivity index (χ3n) is 6.66. The summed E-state index contributed by atoms with van der Waals surface area (Å²) in [6.07, 6.45) is 8.04. The molecule has 0 bridgehead atoms. The van der Waals surface area contributed by atoms with Gasteiger partial charge in [-0.25, -0.2) is 18.1 Å². The summed E-state index contributed by atoms with van der Waals surface area (Å²) in [5.41, 5.74) is 1.27. The summed E-state index contributed by atoms with van der Waals surface area (Å²) >= 11 is 0. The molecule has 2 aromatic rings. The number of aromatic hydroxyl groups is 1. The Hall–Kier alpha value is -2.16. The van der Waals surface area contributed by atoms with Gasteiger partial charge in [-0.2, -0.15) is 0 Å². The van der Waals surface area contributed by atoms with Crippen LogP contribution in [0.1, 0.15) is 43.6 Å². The van der Waals surface area contributed by atoms with E-state index in [4.69, 9.17) is 4.74 Å². The predicted octanol–water partition coefficient (Wildman–Crippen LogP) is 3.27. The van der Waals surface area contributed by atoms with Gasteiger partial charge in [-0.05, 0) is 67.9 Å². The van der Waals surface area contributed by atoms with Crippen LogP contribution in [0.5, 0.6) is 5.75 Å². The van der Waals surface area contributed by atoms with Crippen LogP contribution < -0.4 is 9.62 Å². The van der Waals surface area contributed by atoms with Crippen molar-refractivity contribution >= 4 is 15.8 Å². The van der Waals surface area contributed by atoms with E-state index >= 15 is 0 Å². The van der Waals surface area contributed by atoms with Gasteiger partial charge >= 0.3 is 0 Å². The normalized spacial score (nSPS) is 26.7. The predicted molar refractivity (Wildman–Crippen MR) is 125 cm³/mol. The smallest absolute Gasteiger partial charge is 0.208 e. The molecule has 1 saturated heterocycles. The average molecular weight is 460 g/mol. The molecule has 0 radical (unpaired) electrons. The van der Waals surface area contributed by atoms with Gasteiger partial charge in [-0.15, -0.1) is 0 Å². The highest BCUT2D eigenvalue weighted by molar-refractivity contribution is 7.88. The fourth-order valence-corrected chi connectivity index (χ4v) is 5.81. The summed E-state index contributed by atoms with van der Waals surface area (Å²) in [5.74, 6) is 1.79. The number of aromatic nitrogens is 1. The van der Waals surface area contributed by atoms with Gasteiger partial charge in [0, 0.05) is 31.2 Å². The number of phenolic OH excluding ortho intramolecular Hbond substituents is 1. The summed E-state index contributed by atoms with van der Waals surface area (Å²) < 4.78 is 33.0. The first-order chi connectivity index (χ1) is 15.4. The molecular formula is C24H33N3O4S. The Morgan fingerprint density at radius 1 is 1.09 bits per heavy atom. The number of sulfonamides is 1. The Morgan fingerprint density at radius 2 is 1.84 bits per heavy atom. The summed E-state index contributed by atoms with van der Waals surface area (Å²) in [6, 6.07) is 13.3. The van der Waals surface area contributed by atoms with Crippen molar-refractivity contribution in [2.45, 2.75) is 50.2 Å². The quantitative estimate of drug-likeness (QED) is 0.660. The maximum absolute atomic E-state index is 11.9. The third kappa shape index (κ3) is 6.21. The van der Waals surface area contributed by atoms with Gasteiger partial charge in [0.15, 0.2) is 0 Å². The Morgan fingerprint density at radius 3 is 2.50 bits per heavy atom. The number of benzene rings is 1. The van der Waals surface area contributed by atoms with Crippen LogP contribution in [0.4, 0.5) is 5.82 Å². The first-order valence-corrected chi connectivity index (χ1v) is 13.3. The van der Waals surface area contributed by atoms with Crippen molar-refractivity contribution in [2.75, 3.05) is 30.9 Å². The van der Waals surface area contributed by atoms with Crippen molar-refractivity contribution in [3.63, 3.8) is 0 Å². The molecule has 2 fully saturated rings. The van der Waals surface area contributed by atoms with E-state index in [2.05, 4.69) is 14.6 Å². The number of pyridine rings is 1. The number of phenols is 1. The molecule has 0 unspecified atom stereocenters. The lowest BCUT2D eigenvalue weighted by atomic mass is 9.82. The fraction of sp³-hybridized carbons (Fsp3) is 0.542. The molecular weight excluding hydrogens is 426 g/mol. The van der Waals surface area contributed by atoms with E-state index in [1.807, 2.05) is 30.3 Å². The molecule has 0 amide bonds. The minimum Gasteiger partial charge on any atom is -0.508 e. The van der Waals surface area contributed by atoms with Crippen LogP contribution >= 0.6 is 0 Å². The van der Waals surface area contributed by atoms with Crippen LogP contribution in [-0.2, 0) is 14.8 Å². The molecule has 7 nitrogen and oxygen atoms in total. The van der Waals surface area contributed by atoms with Gasteiger partial charge < -0.3 is 14.7 Å². The van der Waals surface area contributed by atoms with Crippen molar-refractivity contribution in [3.8, 4) is 5.75 Å². The van der Waals surface area contributed by atoms with E-state index in [0.29, 0.717) is 24.8 Å². The second-order valence-corrected chi connectivity index (χ2v) is 10.9. The molecule has 32 heavy (non-hydrogen) atoms. The average Bonchev–Trinajstić information content (AvgIpc) is 2.79. The molecule has 174 valence electrons. The van der Waals surface area contributed by atoms with E-state index in [1.165, 1.54) is 11.8 Å². The summed E-state index contributed by atoms with van der Waals surface area (Å²) in [4.78, 5) is 6.68.